The average molecular weight is 527 g/mol. The third-order valence-electron chi connectivity index (χ3n) is 10.3. The van der Waals surface area contributed by atoms with Gasteiger partial charge in [0, 0.05) is 6.61 Å². The number of rotatable bonds is 14. The van der Waals surface area contributed by atoms with Gasteiger partial charge in [-0.1, -0.05) is 74.3 Å². The van der Waals surface area contributed by atoms with Crippen molar-refractivity contribution >= 4 is 0 Å². The van der Waals surface area contributed by atoms with Gasteiger partial charge < -0.3 is 15.3 Å². The van der Waals surface area contributed by atoms with Gasteiger partial charge in [-0.05, 0) is 126 Å². The standard InChI is InChI=1S/C35H58O3/c1-6-8-34(38)33(22-27-13-19-31(37)20-14-27)30(23-36)21-26(5)35(29-17-11-25(4)12-18-29)32(7-2)28-15-9-24(3)10-16-28/h9,11,13,15,19,26-27,29-38H,6-8,10,12,14,16-18,20-23H2,1-5H3/t26-,27?,29-,30?,31?,32+,33?,34-,35?/m1/s1. The van der Waals surface area contributed by atoms with Gasteiger partial charge in [0.2, 0.25) is 0 Å². The van der Waals surface area contributed by atoms with Crippen LogP contribution in [-0.2, 0) is 0 Å². The zero-order valence-electron chi connectivity index (χ0n) is 25.1. The second-order valence-electron chi connectivity index (χ2n) is 13.1. The Bertz CT molecular complexity index is 836. The van der Waals surface area contributed by atoms with Crippen LogP contribution in [-0.4, -0.2) is 34.1 Å². The van der Waals surface area contributed by atoms with Gasteiger partial charge in [0.15, 0.2) is 0 Å². The topological polar surface area (TPSA) is 60.7 Å². The van der Waals surface area contributed by atoms with Crippen molar-refractivity contribution in [1.29, 1.82) is 0 Å². The van der Waals surface area contributed by atoms with Gasteiger partial charge in [-0.25, -0.2) is 0 Å². The van der Waals surface area contributed by atoms with Gasteiger partial charge in [-0.15, -0.1) is 0 Å². The third-order valence-corrected chi connectivity index (χ3v) is 10.3. The zero-order chi connectivity index (χ0) is 27.7. The van der Waals surface area contributed by atoms with E-state index in [2.05, 4.69) is 58.9 Å². The summed E-state index contributed by atoms with van der Waals surface area (Å²) < 4.78 is 0. The highest BCUT2D eigenvalue weighted by atomic mass is 16.3. The summed E-state index contributed by atoms with van der Waals surface area (Å²) in [6.45, 7) is 11.6. The van der Waals surface area contributed by atoms with E-state index in [1.54, 1.807) is 5.57 Å². The van der Waals surface area contributed by atoms with Crippen LogP contribution in [0, 0.1) is 41.4 Å². The van der Waals surface area contributed by atoms with E-state index in [4.69, 9.17) is 0 Å². The highest BCUT2D eigenvalue weighted by molar-refractivity contribution is 5.25. The Morgan fingerprint density at radius 2 is 1.76 bits per heavy atom. The molecule has 9 atom stereocenters. The Balaban J connectivity index is 1.85. The first-order valence-corrected chi connectivity index (χ1v) is 15.9. The fraction of sp³-hybridized carbons (Fsp3) is 0.771. The zero-order valence-corrected chi connectivity index (χ0v) is 25.1. The van der Waals surface area contributed by atoms with Crippen LogP contribution in [0.15, 0.2) is 47.1 Å². The van der Waals surface area contributed by atoms with E-state index < -0.39 is 0 Å². The quantitative estimate of drug-likeness (QED) is 0.200. The van der Waals surface area contributed by atoms with Crippen molar-refractivity contribution in [3.8, 4) is 0 Å². The number of hydrogen-bond acceptors (Lipinski definition) is 3. The molecule has 3 rings (SSSR count). The maximum absolute atomic E-state index is 11.3. The lowest BCUT2D eigenvalue weighted by molar-refractivity contribution is 0.0111. The van der Waals surface area contributed by atoms with Crippen molar-refractivity contribution in [2.75, 3.05) is 6.61 Å². The maximum atomic E-state index is 11.3. The minimum absolute atomic E-state index is 0.0981. The Morgan fingerprint density at radius 3 is 2.32 bits per heavy atom. The van der Waals surface area contributed by atoms with Gasteiger partial charge in [-0.3, -0.25) is 0 Å². The second kappa shape index (κ2) is 15.6. The Morgan fingerprint density at radius 1 is 0.974 bits per heavy atom. The number of allylic oxidation sites excluding steroid dienone is 7. The summed E-state index contributed by atoms with van der Waals surface area (Å²) in [5.74, 6) is 2.95. The van der Waals surface area contributed by atoms with Crippen molar-refractivity contribution in [3.63, 3.8) is 0 Å². The number of aliphatic hydroxyl groups excluding tert-OH is 3. The van der Waals surface area contributed by atoms with Crippen LogP contribution in [0.3, 0.4) is 0 Å². The van der Waals surface area contributed by atoms with Gasteiger partial charge in [0.05, 0.1) is 12.2 Å². The molecule has 0 spiro atoms. The van der Waals surface area contributed by atoms with Crippen molar-refractivity contribution in [1.82, 2.24) is 0 Å². The van der Waals surface area contributed by atoms with E-state index in [9.17, 15) is 15.3 Å². The first-order valence-electron chi connectivity index (χ1n) is 15.9. The fourth-order valence-electron chi connectivity index (χ4n) is 7.97. The maximum Gasteiger partial charge on any atom is 0.0721 e. The van der Waals surface area contributed by atoms with Crippen LogP contribution in [0.4, 0.5) is 0 Å². The molecule has 0 radical (unpaired) electrons. The minimum Gasteiger partial charge on any atom is -0.396 e. The van der Waals surface area contributed by atoms with Gasteiger partial charge in [-0.2, -0.15) is 0 Å². The SMILES string of the molecule is CCC[C@@H](O)C(CC1C=CC(O)CC1)C(CO)C[C@@H](C)C([C@@H]1CC=C(C)CC1)[C@@H](CC)C1=CC=C(C)CC1. The van der Waals surface area contributed by atoms with Crippen LogP contribution in [0.1, 0.15) is 112 Å². The van der Waals surface area contributed by atoms with Crippen LogP contribution >= 0.6 is 0 Å². The molecule has 0 aromatic rings. The van der Waals surface area contributed by atoms with E-state index in [1.165, 1.54) is 49.7 Å². The molecule has 0 aromatic carbocycles. The summed E-state index contributed by atoms with van der Waals surface area (Å²) in [5, 5.41) is 32.0. The molecule has 5 unspecified atom stereocenters. The van der Waals surface area contributed by atoms with Crippen LogP contribution in [0.2, 0.25) is 0 Å². The van der Waals surface area contributed by atoms with E-state index in [0.29, 0.717) is 29.6 Å². The molecule has 0 saturated heterocycles. The third kappa shape index (κ3) is 8.67. The predicted octanol–water partition coefficient (Wildman–Crippen LogP) is 8.17. The van der Waals surface area contributed by atoms with E-state index in [1.807, 2.05) is 6.08 Å². The molecule has 0 amide bonds. The lowest BCUT2D eigenvalue weighted by atomic mass is 9.63. The Labute approximate surface area is 234 Å². The highest BCUT2D eigenvalue weighted by Gasteiger charge is 2.38. The normalized spacial score (nSPS) is 28.9. The average Bonchev–Trinajstić information content (AvgIpc) is 2.91. The molecule has 0 aromatic heterocycles. The second-order valence-corrected chi connectivity index (χ2v) is 13.1. The summed E-state index contributed by atoms with van der Waals surface area (Å²) in [7, 11) is 0. The molecular formula is C35H58O3. The molecule has 3 nitrogen and oxygen atoms in total. The van der Waals surface area contributed by atoms with Crippen molar-refractivity contribution in [3.05, 3.63) is 47.1 Å². The molecule has 0 heterocycles. The summed E-state index contributed by atoms with van der Waals surface area (Å²) in [6.07, 6.45) is 23.3. The summed E-state index contributed by atoms with van der Waals surface area (Å²) in [4.78, 5) is 0. The van der Waals surface area contributed by atoms with Crippen LogP contribution in [0.25, 0.3) is 0 Å². The molecular weight excluding hydrogens is 468 g/mol. The Hall–Kier alpha value is -1.16. The molecule has 0 fully saturated rings. The number of aliphatic hydroxyl groups is 3. The van der Waals surface area contributed by atoms with Gasteiger partial charge in [0.25, 0.3) is 0 Å². The van der Waals surface area contributed by atoms with E-state index >= 15 is 0 Å². The van der Waals surface area contributed by atoms with Crippen molar-refractivity contribution in [2.24, 2.45) is 41.4 Å². The van der Waals surface area contributed by atoms with Crippen LogP contribution < -0.4 is 0 Å². The lowest BCUT2D eigenvalue weighted by Gasteiger charge is -2.43. The summed E-state index contributed by atoms with van der Waals surface area (Å²) in [5.41, 5.74) is 4.66. The molecule has 0 bridgehead atoms. The molecule has 0 saturated carbocycles. The first-order chi connectivity index (χ1) is 18.3. The fourth-order valence-corrected chi connectivity index (χ4v) is 7.97. The monoisotopic (exact) mass is 526 g/mol. The molecule has 0 aliphatic heterocycles. The molecule has 38 heavy (non-hydrogen) atoms. The summed E-state index contributed by atoms with van der Waals surface area (Å²) >= 11 is 0. The molecule has 3 heteroatoms. The first kappa shape index (κ1) is 31.4. The predicted molar refractivity (Wildman–Crippen MR) is 161 cm³/mol. The minimum atomic E-state index is -0.376. The smallest absolute Gasteiger partial charge is 0.0721 e. The lowest BCUT2D eigenvalue weighted by Crippen LogP contribution is -2.37. The Kier molecular flexibility index (Phi) is 12.9. The van der Waals surface area contributed by atoms with Crippen molar-refractivity contribution < 1.29 is 15.3 Å². The van der Waals surface area contributed by atoms with Gasteiger partial charge >= 0.3 is 0 Å². The van der Waals surface area contributed by atoms with Gasteiger partial charge in [0.1, 0.15) is 0 Å². The highest BCUT2D eigenvalue weighted by Crippen LogP contribution is 2.46. The molecule has 216 valence electrons. The summed E-state index contributed by atoms with van der Waals surface area (Å²) in [6, 6.07) is 0. The van der Waals surface area contributed by atoms with E-state index in [0.717, 1.165) is 38.5 Å². The molecule has 3 aliphatic carbocycles. The molecule has 3 aliphatic rings. The van der Waals surface area contributed by atoms with E-state index in [-0.39, 0.29) is 30.7 Å². The van der Waals surface area contributed by atoms with Crippen LogP contribution in [0.5, 0.6) is 0 Å². The number of hydrogen-bond donors (Lipinski definition) is 3. The van der Waals surface area contributed by atoms with Crippen molar-refractivity contribution in [2.45, 2.75) is 124 Å². The molecule has 3 N–H and O–H groups in total. The largest absolute Gasteiger partial charge is 0.396 e.